The Hall–Kier alpha value is -1.62. The summed E-state index contributed by atoms with van der Waals surface area (Å²) in [5.41, 5.74) is 2.17. The lowest BCUT2D eigenvalue weighted by molar-refractivity contribution is 0.0905. The third-order valence-electron chi connectivity index (χ3n) is 4.05. The molecule has 1 atom stereocenters. The molecule has 1 saturated heterocycles. The number of nitrogens with zero attached hydrogens (tertiary/aromatic N) is 1. The van der Waals surface area contributed by atoms with E-state index in [1.807, 2.05) is 30.3 Å². The van der Waals surface area contributed by atoms with E-state index in [2.05, 4.69) is 34.5 Å². The first-order chi connectivity index (χ1) is 11.7. The second kappa shape index (κ2) is 8.47. The lowest BCUT2D eigenvalue weighted by atomic mass is 10.2. The summed E-state index contributed by atoms with van der Waals surface area (Å²) >= 11 is 11.6. The number of ether oxygens (including phenoxy) is 1. The minimum absolute atomic E-state index is 0.249. The SMILES string of the molecule is S=C(Nc1ccc(Cl)cc1)N(Cc1ccccc1)CC1CCCO1. The van der Waals surface area contributed by atoms with Crippen LogP contribution in [0.15, 0.2) is 54.6 Å². The standard InChI is InChI=1S/C19H21ClN2OS/c20-16-8-10-17(11-9-16)21-19(24)22(14-18-7-4-12-23-18)13-15-5-2-1-3-6-15/h1-3,5-6,8-11,18H,4,7,12-14H2,(H,21,24). The van der Waals surface area contributed by atoms with Gasteiger partial charge in [-0.25, -0.2) is 0 Å². The van der Waals surface area contributed by atoms with Crippen LogP contribution in [0, 0.1) is 0 Å². The summed E-state index contributed by atoms with van der Waals surface area (Å²) in [6, 6.07) is 17.9. The fourth-order valence-electron chi connectivity index (χ4n) is 2.79. The zero-order valence-electron chi connectivity index (χ0n) is 13.5. The van der Waals surface area contributed by atoms with Crippen LogP contribution in [0.2, 0.25) is 5.02 Å². The summed E-state index contributed by atoms with van der Waals surface area (Å²) in [5, 5.41) is 4.73. The first-order valence-corrected chi connectivity index (χ1v) is 8.96. The Morgan fingerprint density at radius 3 is 2.58 bits per heavy atom. The van der Waals surface area contributed by atoms with Gasteiger partial charge in [-0.1, -0.05) is 41.9 Å². The third kappa shape index (κ3) is 4.94. The van der Waals surface area contributed by atoms with Crippen molar-refractivity contribution in [3.63, 3.8) is 0 Å². The molecule has 2 aromatic rings. The molecule has 126 valence electrons. The quantitative estimate of drug-likeness (QED) is 0.780. The molecule has 0 radical (unpaired) electrons. The largest absolute Gasteiger partial charge is 0.376 e. The Morgan fingerprint density at radius 2 is 1.92 bits per heavy atom. The van der Waals surface area contributed by atoms with E-state index in [-0.39, 0.29) is 6.10 Å². The molecular weight excluding hydrogens is 340 g/mol. The van der Waals surface area contributed by atoms with Gasteiger partial charge in [0.1, 0.15) is 0 Å². The maximum atomic E-state index is 5.94. The first-order valence-electron chi connectivity index (χ1n) is 8.18. The Balaban J connectivity index is 1.69. The molecule has 0 aliphatic carbocycles. The van der Waals surface area contributed by atoms with Gasteiger partial charge in [-0.05, 0) is 54.9 Å². The molecule has 5 heteroatoms. The van der Waals surface area contributed by atoms with Crippen molar-refractivity contribution in [2.24, 2.45) is 0 Å². The molecule has 24 heavy (non-hydrogen) atoms. The van der Waals surface area contributed by atoms with Crippen LogP contribution in [0.5, 0.6) is 0 Å². The van der Waals surface area contributed by atoms with E-state index >= 15 is 0 Å². The Bertz CT molecular complexity index is 657. The summed E-state index contributed by atoms with van der Waals surface area (Å²) in [5.74, 6) is 0. The highest BCUT2D eigenvalue weighted by atomic mass is 35.5. The fraction of sp³-hybridized carbons (Fsp3) is 0.316. The minimum Gasteiger partial charge on any atom is -0.376 e. The van der Waals surface area contributed by atoms with Gasteiger partial charge in [0.2, 0.25) is 0 Å². The van der Waals surface area contributed by atoms with Crippen LogP contribution >= 0.6 is 23.8 Å². The monoisotopic (exact) mass is 360 g/mol. The maximum Gasteiger partial charge on any atom is 0.173 e. The van der Waals surface area contributed by atoms with Crippen molar-refractivity contribution in [3.8, 4) is 0 Å². The minimum atomic E-state index is 0.249. The molecule has 0 saturated carbocycles. The predicted molar refractivity (Wildman–Crippen MR) is 103 cm³/mol. The summed E-state index contributed by atoms with van der Waals surface area (Å²) in [6.07, 6.45) is 2.47. The van der Waals surface area contributed by atoms with Crippen LogP contribution in [0.3, 0.4) is 0 Å². The number of hydrogen-bond acceptors (Lipinski definition) is 2. The maximum absolute atomic E-state index is 5.94. The highest BCUT2D eigenvalue weighted by Gasteiger charge is 2.21. The average Bonchev–Trinajstić information content (AvgIpc) is 3.10. The van der Waals surface area contributed by atoms with E-state index in [9.17, 15) is 0 Å². The lowest BCUT2D eigenvalue weighted by Gasteiger charge is -2.28. The summed E-state index contributed by atoms with van der Waals surface area (Å²) < 4.78 is 5.79. The van der Waals surface area contributed by atoms with Crippen molar-refractivity contribution in [3.05, 3.63) is 65.2 Å². The van der Waals surface area contributed by atoms with E-state index in [4.69, 9.17) is 28.6 Å². The van der Waals surface area contributed by atoms with E-state index in [0.29, 0.717) is 10.1 Å². The number of nitrogens with one attached hydrogen (secondary N) is 1. The van der Waals surface area contributed by atoms with E-state index in [1.165, 1.54) is 5.56 Å². The molecule has 0 amide bonds. The van der Waals surface area contributed by atoms with Crippen LogP contribution in [-0.4, -0.2) is 29.3 Å². The van der Waals surface area contributed by atoms with Gasteiger partial charge in [0.15, 0.2) is 5.11 Å². The Labute approximate surface area is 153 Å². The summed E-state index contributed by atoms with van der Waals surface area (Å²) in [6.45, 7) is 2.41. The second-order valence-electron chi connectivity index (χ2n) is 5.94. The van der Waals surface area contributed by atoms with Crippen LogP contribution < -0.4 is 5.32 Å². The number of hydrogen-bond donors (Lipinski definition) is 1. The van der Waals surface area contributed by atoms with Gasteiger partial charge in [0.05, 0.1) is 6.10 Å². The van der Waals surface area contributed by atoms with Crippen molar-refractivity contribution >= 4 is 34.6 Å². The number of benzene rings is 2. The summed E-state index contributed by atoms with van der Waals surface area (Å²) in [4.78, 5) is 2.18. The fourth-order valence-corrected chi connectivity index (χ4v) is 3.18. The zero-order valence-corrected chi connectivity index (χ0v) is 15.0. The van der Waals surface area contributed by atoms with Gasteiger partial charge in [-0.2, -0.15) is 0 Å². The molecule has 3 nitrogen and oxygen atoms in total. The molecule has 0 spiro atoms. The molecule has 1 aliphatic rings. The zero-order chi connectivity index (χ0) is 16.8. The number of anilines is 1. The number of thiocarbonyl (C=S) groups is 1. The van der Waals surface area contributed by atoms with Crippen LogP contribution in [-0.2, 0) is 11.3 Å². The predicted octanol–water partition coefficient (Wildman–Crippen LogP) is 4.72. The number of rotatable bonds is 5. The Kier molecular flexibility index (Phi) is 6.07. The molecule has 1 fully saturated rings. The van der Waals surface area contributed by atoms with E-state index in [1.54, 1.807) is 0 Å². The van der Waals surface area contributed by atoms with Crippen molar-refractivity contribution in [2.45, 2.75) is 25.5 Å². The van der Waals surface area contributed by atoms with E-state index < -0.39 is 0 Å². The van der Waals surface area contributed by atoms with E-state index in [0.717, 1.165) is 38.2 Å². The molecule has 0 aromatic heterocycles. The average molecular weight is 361 g/mol. The number of halogens is 1. The molecule has 1 heterocycles. The van der Waals surface area contributed by atoms with Gasteiger partial charge in [0.25, 0.3) is 0 Å². The highest BCUT2D eigenvalue weighted by Crippen LogP contribution is 2.18. The molecule has 0 bridgehead atoms. The van der Waals surface area contributed by atoms with Crippen LogP contribution in [0.25, 0.3) is 0 Å². The molecule has 2 aromatic carbocycles. The molecule has 3 rings (SSSR count). The van der Waals surface area contributed by atoms with Gasteiger partial charge >= 0.3 is 0 Å². The van der Waals surface area contributed by atoms with Gasteiger partial charge < -0.3 is 15.0 Å². The van der Waals surface area contributed by atoms with Crippen molar-refractivity contribution in [1.29, 1.82) is 0 Å². The second-order valence-corrected chi connectivity index (χ2v) is 6.76. The molecule has 1 N–H and O–H groups in total. The van der Waals surface area contributed by atoms with Crippen LogP contribution in [0.1, 0.15) is 18.4 Å². The summed E-state index contributed by atoms with van der Waals surface area (Å²) in [7, 11) is 0. The highest BCUT2D eigenvalue weighted by molar-refractivity contribution is 7.80. The van der Waals surface area contributed by atoms with Crippen molar-refractivity contribution in [1.82, 2.24) is 4.90 Å². The van der Waals surface area contributed by atoms with Gasteiger partial charge in [-0.15, -0.1) is 0 Å². The molecule has 1 unspecified atom stereocenters. The first kappa shape index (κ1) is 17.2. The molecular formula is C19H21ClN2OS. The van der Waals surface area contributed by atoms with Gasteiger partial charge in [-0.3, -0.25) is 0 Å². The Morgan fingerprint density at radius 1 is 1.17 bits per heavy atom. The molecule has 1 aliphatic heterocycles. The van der Waals surface area contributed by atoms with Crippen molar-refractivity contribution in [2.75, 3.05) is 18.5 Å². The normalized spacial score (nSPS) is 16.8. The lowest BCUT2D eigenvalue weighted by Crippen LogP contribution is -2.39. The smallest absolute Gasteiger partial charge is 0.173 e. The van der Waals surface area contributed by atoms with Gasteiger partial charge in [0, 0.05) is 30.4 Å². The van der Waals surface area contributed by atoms with Crippen LogP contribution in [0.4, 0.5) is 5.69 Å². The van der Waals surface area contributed by atoms with Crippen molar-refractivity contribution < 1.29 is 4.74 Å². The topological polar surface area (TPSA) is 24.5 Å². The third-order valence-corrected chi connectivity index (χ3v) is 4.66.